The second-order valence-corrected chi connectivity index (χ2v) is 2.87. The second kappa shape index (κ2) is 4.07. The van der Waals surface area contributed by atoms with Gasteiger partial charge in [-0.3, -0.25) is 4.79 Å². The fraction of sp³-hybridized carbons (Fsp3) is 0.556. The van der Waals surface area contributed by atoms with Crippen LogP contribution in [-0.2, 0) is 14.4 Å². The van der Waals surface area contributed by atoms with Crippen LogP contribution in [0.25, 0.3) is 0 Å². The van der Waals surface area contributed by atoms with Crippen molar-refractivity contribution in [2.45, 2.75) is 33.1 Å². The Labute approximate surface area is 77.1 Å². The average molecular weight is 183 g/mol. The molecule has 1 heterocycles. The summed E-state index contributed by atoms with van der Waals surface area (Å²) in [5.74, 6) is -0.604. The van der Waals surface area contributed by atoms with Gasteiger partial charge >= 0.3 is 5.97 Å². The Morgan fingerprint density at radius 2 is 2.31 bits per heavy atom. The van der Waals surface area contributed by atoms with Gasteiger partial charge in [-0.1, -0.05) is 13.0 Å². The highest BCUT2D eigenvalue weighted by molar-refractivity contribution is 5.81. The Morgan fingerprint density at radius 3 is 2.85 bits per heavy atom. The molecule has 0 saturated carbocycles. The summed E-state index contributed by atoms with van der Waals surface area (Å²) in [5.41, 5.74) is 0.794. The molecule has 13 heavy (non-hydrogen) atoms. The molecule has 0 aromatic rings. The Bertz CT molecular complexity index is 258. The van der Waals surface area contributed by atoms with Gasteiger partial charge in [-0.25, -0.2) is 4.79 Å². The van der Waals surface area contributed by atoms with Crippen LogP contribution in [0.2, 0.25) is 0 Å². The summed E-state index contributed by atoms with van der Waals surface area (Å²) in [6.07, 6.45) is 3.83. The van der Waals surface area contributed by atoms with E-state index in [4.69, 9.17) is 4.84 Å². The summed E-state index contributed by atoms with van der Waals surface area (Å²) in [4.78, 5) is 26.6. The molecule has 0 unspecified atom stereocenters. The van der Waals surface area contributed by atoms with Gasteiger partial charge in [0.15, 0.2) is 0 Å². The standard InChI is InChI=1S/C9H13NO3/c1-3-4-8-5-6-9(12)10(8)13-7(2)11/h4H,3,5-6H2,1-2H3. The molecule has 0 spiro atoms. The maximum atomic E-state index is 11.2. The smallest absolute Gasteiger partial charge is 0.330 e. The van der Waals surface area contributed by atoms with E-state index in [-0.39, 0.29) is 5.91 Å². The number of amides is 1. The Kier molecular flexibility index (Phi) is 3.06. The van der Waals surface area contributed by atoms with Crippen molar-refractivity contribution < 1.29 is 14.4 Å². The third-order valence-electron chi connectivity index (χ3n) is 1.74. The van der Waals surface area contributed by atoms with E-state index in [2.05, 4.69) is 0 Å². The summed E-state index contributed by atoms with van der Waals surface area (Å²) in [7, 11) is 0. The fourth-order valence-electron chi connectivity index (χ4n) is 1.26. The summed E-state index contributed by atoms with van der Waals surface area (Å²) in [5, 5.41) is 1.10. The van der Waals surface area contributed by atoms with Crippen molar-refractivity contribution in [1.82, 2.24) is 5.06 Å². The van der Waals surface area contributed by atoms with Gasteiger partial charge in [0.05, 0.1) is 5.70 Å². The van der Waals surface area contributed by atoms with E-state index < -0.39 is 5.97 Å². The predicted octanol–water partition coefficient (Wildman–Crippen LogP) is 1.38. The number of hydrogen-bond acceptors (Lipinski definition) is 3. The molecular formula is C9H13NO3. The van der Waals surface area contributed by atoms with Gasteiger partial charge in [-0.05, 0) is 12.8 Å². The highest BCUT2D eigenvalue weighted by atomic mass is 16.7. The maximum absolute atomic E-state index is 11.2. The van der Waals surface area contributed by atoms with E-state index in [0.29, 0.717) is 12.8 Å². The van der Waals surface area contributed by atoms with Crippen LogP contribution in [0.1, 0.15) is 33.1 Å². The Hall–Kier alpha value is -1.32. The predicted molar refractivity (Wildman–Crippen MR) is 46.2 cm³/mol. The highest BCUT2D eigenvalue weighted by Crippen LogP contribution is 2.22. The van der Waals surface area contributed by atoms with Crippen LogP contribution in [0.3, 0.4) is 0 Å². The zero-order chi connectivity index (χ0) is 9.84. The van der Waals surface area contributed by atoms with Crippen molar-refractivity contribution >= 4 is 11.9 Å². The SMILES string of the molecule is CCC=C1CCC(=O)N1OC(C)=O. The van der Waals surface area contributed by atoms with E-state index >= 15 is 0 Å². The number of nitrogens with zero attached hydrogens (tertiary/aromatic N) is 1. The summed E-state index contributed by atoms with van der Waals surface area (Å²) < 4.78 is 0. The van der Waals surface area contributed by atoms with E-state index in [0.717, 1.165) is 17.2 Å². The summed E-state index contributed by atoms with van der Waals surface area (Å²) in [6.45, 7) is 3.26. The topological polar surface area (TPSA) is 46.6 Å². The number of carbonyl (C=O) groups is 2. The molecule has 0 aromatic heterocycles. The van der Waals surface area contributed by atoms with Crippen molar-refractivity contribution in [2.75, 3.05) is 0 Å². The molecule has 72 valence electrons. The van der Waals surface area contributed by atoms with Gasteiger partial charge in [0.25, 0.3) is 5.91 Å². The first kappa shape index (κ1) is 9.77. The highest BCUT2D eigenvalue weighted by Gasteiger charge is 2.28. The van der Waals surface area contributed by atoms with E-state index in [1.165, 1.54) is 6.92 Å². The van der Waals surface area contributed by atoms with Crippen LogP contribution < -0.4 is 0 Å². The van der Waals surface area contributed by atoms with E-state index in [1.54, 1.807) is 0 Å². The van der Waals surface area contributed by atoms with Gasteiger partial charge in [0.2, 0.25) is 0 Å². The minimum atomic E-state index is -0.461. The van der Waals surface area contributed by atoms with Crippen LogP contribution >= 0.6 is 0 Å². The Balaban J connectivity index is 2.71. The molecule has 0 bridgehead atoms. The molecule has 0 N–H and O–H groups in total. The lowest BCUT2D eigenvalue weighted by Gasteiger charge is -2.15. The van der Waals surface area contributed by atoms with Crippen LogP contribution in [0.5, 0.6) is 0 Å². The average Bonchev–Trinajstić information content (AvgIpc) is 2.36. The molecule has 1 fully saturated rings. The van der Waals surface area contributed by atoms with Crippen LogP contribution in [0.15, 0.2) is 11.8 Å². The third kappa shape index (κ3) is 2.31. The first-order valence-corrected chi connectivity index (χ1v) is 4.35. The van der Waals surface area contributed by atoms with Crippen LogP contribution in [-0.4, -0.2) is 16.9 Å². The lowest BCUT2D eigenvalue weighted by atomic mass is 10.3. The van der Waals surface area contributed by atoms with Gasteiger partial charge < -0.3 is 4.84 Å². The van der Waals surface area contributed by atoms with Crippen LogP contribution in [0, 0.1) is 0 Å². The van der Waals surface area contributed by atoms with Crippen molar-refractivity contribution in [3.8, 4) is 0 Å². The molecule has 1 amide bonds. The summed E-state index contributed by atoms with van der Waals surface area (Å²) >= 11 is 0. The quantitative estimate of drug-likeness (QED) is 0.649. The second-order valence-electron chi connectivity index (χ2n) is 2.87. The molecular weight excluding hydrogens is 170 g/mol. The minimum absolute atomic E-state index is 0.144. The third-order valence-corrected chi connectivity index (χ3v) is 1.74. The molecule has 4 nitrogen and oxygen atoms in total. The molecule has 0 atom stereocenters. The minimum Gasteiger partial charge on any atom is -0.334 e. The molecule has 1 aliphatic rings. The zero-order valence-electron chi connectivity index (χ0n) is 7.87. The molecule has 4 heteroatoms. The molecule has 0 aliphatic carbocycles. The maximum Gasteiger partial charge on any atom is 0.330 e. The lowest BCUT2D eigenvalue weighted by molar-refractivity contribution is -0.184. The van der Waals surface area contributed by atoms with Crippen molar-refractivity contribution in [3.63, 3.8) is 0 Å². The van der Waals surface area contributed by atoms with E-state index in [1.807, 2.05) is 13.0 Å². The number of hydroxylamine groups is 2. The molecule has 1 saturated heterocycles. The molecule has 0 aromatic carbocycles. The first-order valence-electron chi connectivity index (χ1n) is 4.35. The molecule has 1 rings (SSSR count). The van der Waals surface area contributed by atoms with Crippen molar-refractivity contribution in [1.29, 1.82) is 0 Å². The fourth-order valence-corrected chi connectivity index (χ4v) is 1.26. The number of carbonyl (C=O) groups excluding carboxylic acids is 2. The van der Waals surface area contributed by atoms with Gasteiger partial charge in [0, 0.05) is 13.3 Å². The lowest BCUT2D eigenvalue weighted by Crippen LogP contribution is -2.25. The Morgan fingerprint density at radius 1 is 1.62 bits per heavy atom. The van der Waals surface area contributed by atoms with E-state index in [9.17, 15) is 9.59 Å². The number of allylic oxidation sites excluding steroid dienone is 2. The summed E-state index contributed by atoms with van der Waals surface area (Å²) in [6, 6.07) is 0. The zero-order valence-corrected chi connectivity index (χ0v) is 7.87. The molecule has 1 aliphatic heterocycles. The monoisotopic (exact) mass is 183 g/mol. The first-order chi connectivity index (χ1) is 6.15. The van der Waals surface area contributed by atoms with Crippen LogP contribution in [0.4, 0.5) is 0 Å². The van der Waals surface area contributed by atoms with Crippen molar-refractivity contribution in [2.24, 2.45) is 0 Å². The van der Waals surface area contributed by atoms with Crippen molar-refractivity contribution in [3.05, 3.63) is 11.8 Å². The number of hydrogen-bond donors (Lipinski definition) is 0. The molecule has 0 radical (unpaired) electrons. The van der Waals surface area contributed by atoms with Gasteiger partial charge in [-0.2, -0.15) is 0 Å². The van der Waals surface area contributed by atoms with Gasteiger partial charge in [-0.15, -0.1) is 5.06 Å². The largest absolute Gasteiger partial charge is 0.334 e. The number of rotatable bonds is 2. The normalized spacial score (nSPS) is 19.7. The van der Waals surface area contributed by atoms with Gasteiger partial charge in [0.1, 0.15) is 0 Å².